The standard InChI is InChI=1S/C23H33F3N2O4/c1-14(15-7-10-17(11-8-15)28(5)21(30)32-22(2,3)4)27-19-13-16(20(29)31-6)9-12-18(19)23(24,25)26/h9,12-15,17,27H,7-8,10-11H2,1-6H3/t14-,15?,17?/m0/s1. The number of anilines is 1. The first kappa shape index (κ1) is 25.8. The maximum Gasteiger partial charge on any atom is 0.418 e. The van der Waals surface area contributed by atoms with Crippen molar-refractivity contribution in [3.8, 4) is 0 Å². The molecule has 2 rings (SSSR count). The first-order valence-corrected chi connectivity index (χ1v) is 10.7. The van der Waals surface area contributed by atoms with Crippen LogP contribution in [0.3, 0.4) is 0 Å². The number of nitrogens with zero attached hydrogens (tertiary/aromatic N) is 1. The Balaban J connectivity index is 2.06. The summed E-state index contributed by atoms with van der Waals surface area (Å²) >= 11 is 0. The van der Waals surface area contributed by atoms with Crippen molar-refractivity contribution in [1.82, 2.24) is 4.90 Å². The SMILES string of the molecule is COC(=O)c1ccc(C(F)(F)F)c(N[C@@H](C)C2CCC(N(C)C(=O)OC(C)(C)C)CC2)c1. The monoisotopic (exact) mass is 458 g/mol. The van der Waals surface area contributed by atoms with Gasteiger partial charge in [-0.3, -0.25) is 0 Å². The van der Waals surface area contributed by atoms with Crippen molar-refractivity contribution < 1.29 is 32.2 Å². The van der Waals surface area contributed by atoms with Crippen LogP contribution < -0.4 is 5.32 Å². The molecule has 9 heteroatoms. The third-order valence-corrected chi connectivity index (χ3v) is 5.81. The number of ether oxygens (including phenoxy) is 2. The minimum Gasteiger partial charge on any atom is -0.465 e. The second kappa shape index (κ2) is 10.0. The number of amides is 1. The molecule has 0 aromatic heterocycles. The van der Waals surface area contributed by atoms with Gasteiger partial charge in [0.1, 0.15) is 5.60 Å². The summed E-state index contributed by atoms with van der Waals surface area (Å²) in [6.07, 6.45) is -1.94. The molecule has 0 saturated heterocycles. The van der Waals surface area contributed by atoms with E-state index in [1.807, 2.05) is 27.7 Å². The number of carbonyl (C=O) groups is 2. The Bertz CT molecular complexity index is 812. The zero-order chi connectivity index (χ0) is 24.3. The number of methoxy groups -OCH3 is 1. The summed E-state index contributed by atoms with van der Waals surface area (Å²) in [5.74, 6) is -0.568. The number of alkyl halides is 3. The van der Waals surface area contributed by atoms with Crippen LogP contribution in [0, 0.1) is 5.92 Å². The number of esters is 1. The maximum atomic E-state index is 13.5. The number of benzene rings is 1. The number of halogens is 3. The smallest absolute Gasteiger partial charge is 0.418 e. The predicted molar refractivity (Wildman–Crippen MR) is 116 cm³/mol. The van der Waals surface area contributed by atoms with Crippen LogP contribution in [0.2, 0.25) is 0 Å². The van der Waals surface area contributed by atoms with E-state index < -0.39 is 23.3 Å². The zero-order valence-electron chi connectivity index (χ0n) is 19.5. The number of carbonyl (C=O) groups excluding carboxylic acids is 2. The Labute approximate surface area is 187 Å². The van der Waals surface area contributed by atoms with E-state index in [2.05, 4.69) is 10.1 Å². The van der Waals surface area contributed by atoms with E-state index in [4.69, 9.17) is 4.74 Å². The summed E-state index contributed by atoms with van der Waals surface area (Å²) in [5, 5.41) is 2.97. The van der Waals surface area contributed by atoms with Crippen molar-refractivity contribution in [2.75, 3.05) is 19.5 Å². The average molecular weight is 459 g/mol. The number of hydrogen-bond donors (Lipinski definition) is 1. The highest BCUT2D eigenvalue weighted by Gasteiger charge is 2.36. The molecule has 0 unspecified atom stereocenters. The van der Waals surface area contributed by atoms with Crippen molar-refractivity contribution in [3.05, 3.63) is 29.3 Å². The van der Waals surface area contributed by atoms with Crippen molar-refractivity contribution >= 4 is 17.7 Å². The zero-order valence-corrected chi connectivity index (χ0v) is 19.5. The molecule has 1 aliphatic carbocycles. The first-order valence-electron chi connectivity index (χ1n) is 10.7. The van der Waals surface area contributed by atoms with Gasteiger partial charge in [0, 0.05) is 24.8 Å². The highest BCUT2D eigenvalue weighted by Crippen LogP contribution is 2.37. The fourth-order valence-electron chi connectivity index (χ4n) is 3.99. The van der Waals surface area contributed by atoms with Crippen LogP contribution in [0.1, 0.15) is 69.3 Å². The van der Waals surface area contributed by atoms with Gasteiger partial charge in [-0.25, -0.2) is 9.59 Å². The molecular weight excluding hydrogens is 425 g/mol. The topological polar surface area (TPSA) is 67.9 Å². The summed E-state index contributed by atoms with van der Waals surface area (Å²) in [6.45, 7) is 7.28. The molecule has 1 saturated carbocycles. The minimum atomic E-state index is -4.55. The van der Waals surface area contributed by atoms with Gasteiger partial charge >= 0.3 is 18.2 Å². The number of rotatable bonds is 5. The summed E-state index contributed by atoms with van der Waals surface area (Å²) in [7, 11) is 2.90. The molecule has 1 N–H and O–H groups in total. The van der Waals surface area contributed by atoms with Crippen LogP contribution in [0.5, 0.6) is 0 Å². The Morgan fingerprint density at radius 2 is 1.72 bits per heavy atom. The van der Waals surface area contributed by atoms with Gasteiger partial charge in [0.25, 0.3) is 0 Å². The summed E-state index contributed by atoms with van der Waals surface area (Å²) in [6, 6.07) is 2.97. The lowest BCUT2D eigenvalue weighted by Gasteiger charge is -2.37. The van der Waals surface area contributed by atoms with Gasteiger partial charge in [-0.15, -0.1) is 0 Å². The van der Waals surface area contributed by atoms with E-state index in [0.717, 1.165) is 37.8 Å². The highest BCUT2D eigenvalue weighted by atomic mass is 19.4. The molecule has 1 amide bonds. The molecule has 1 fully saturated rings. The van der Waals surface area contributed by atoms with Gasteiger partial charge < -0.3 is 19.7 Å². The molecule has 0 bridgehead atoms. The van der Waals surface area contributed by atoms with E-state index in [1.54, 1.807) is 11.9 Å². The van der Waals surface area contributed by atoms with Crippen LogP contribution in [-0.4, -0.2) is 48.8 Å². The second-order valence-electron chi connectivity index (χ2n) is 9.34. The van der Waals surface area contributed by atoms with Gasteiger partial charge in [-0.2, -0.15) is 13.2 Å². The fraction of sp³-hybridized carbons (Fsp3) is 0.652. The third kappa shape index (κ3) is 6.77. The molecule has 32 heavy (non-hydrogen) atoms. The van der Waals surface area contributed by atoms with E-state index in [0.29, 0.717) is 0 Å². The van der Waals surface area contributed by atoms with Gasteiger partial charge in [0.2, 0.25) is 0 Å². The Morgan fingerprint density at radius 1 is 1.12 bits per heavy atom. The molecule has 1 aromatic rings. The molecular formula is C23H33F3N2O4. The third-order valence-electron chi connectivity index (χ3n) is 5.81. The highest BCUT2D eigenvalue weighted by molar-refractivity contribution is 5.90. The van der Waals surface area contributed by atoms with Crippen LogP contribution >= 0.6 is 0 Å². The average Bonchev–Trinajstić information content (AvgIpc) is 2.70. The second-order valence-corrected chi connectivity index (χ2v) is 9.34. The van der Waals surface area contributed by atoms with Crippen molar-refractivity contribution in [2.45, 2.75) is 77.2 Å². The predicted octanol–water partition coefficient (Wildman–Crippen LogP) is 5.72. The van der Waals surface area contributed by atoms with Gasteiger partial charge in [-0.05, 0) is 77.5 Å². The molecule has 0 heterocycles. The van der Waals surface area contributed by atoms with E-state index in [1.165, 1.54) is 13.2 Å². The number of nitrogens with one attached hydrogen (secondary N) is 1. The van der Waals surface area contributed by atoms with E-state index in [9.17, 15) is 22.8 Å². The molecule has 0 spiro atoms. The summed E-state index contributed by atoms with van der Waals surface area (Å²) in [4.78, 5) is 25.7. The molecule has 1 aromatic carbocycles. The minimum absolute atomic E-state index is 0.0293. The number of hydrogen-bond acceptors (Lipinski definition) is 5. The molecule has 6 nitrogen and oxygen atoms in total. The van der Waals surface area contributed by atoms with Crippen LogP contribution in [0.15, 0.2) is 18.2 Å². The van der Waals surface area contributed by atoms with Crippen LogP contribution in [0.25, 0.3) is 0 Å². The van der Waals surface area contributed by atoms with E-state index >= 15 is 0 Å². The Kier molecular flexibility index (Phi) is 8.07. The van der Waals surface area contributed by atoms with Gasteiger partial charge in [0.15, 0.2) is 0 Å². The Morgan fingerprint density at radius 3 is 2.22 bits per heavy atom. The Hall–Kier alpha value is -2.45. The van der Waals surface area contributed by atoms with Gasteiger partial charge in [-0.1, -0.05) is 0 Å². The van der Waals surface area contributed by atoms with Crippen molar-refractivity contribution in [3.63, 3.8) is 0 Å². The lowest BCUT2D eigenvalue weighted by atomic mass is 9.81. The van der Waals surface area contributed by atoms with E-state index in [-0.39, 0.29) is 35.3 Å². The lowest BCUT2D eigenvalue weighted by molar-refractivity contribution is -0.137. The molecule has 1 aliphatic rings. The van der Waals surface area contributed by atoms with Crippen molar-refractivity contribution in [2.24, 2.45) is 5.92 Å². The first-order chi connectivity index (χ1) is 14.7. The quantitative estimate of drug-likeness (QED) is 0.572. The summed E-state index contributed by atoms with van der Waals surface area (Å²) in [5.41, 5.74) is -1.48. The summed E-state index contributed by atoms with van der Waals surface area (Å²) < 4.78 is 50.5. The largest absolute Gasteiger partial charge is 0.465 e. The molecule has 1 atom stereocenters. The fourth-order valence-corrected chi connectivity index (χ4v) is 3.99. The normalized spacial score (nSPS) is 20.3. The maximum absolute atomic E-state index is 13.5. The van der Waals surface area contributed by atoms with Crippen LogP contribution in [-0.2, 0) is 15.7 Å². The van der Waals surface area contributed by atoms with Crippen LogP contribution in [0.4, 0.5) is 23.7 Å². The lowest BCUT2D eigenvalue weighted by Crippen LogP contribution is -2.43. The molecule has 180 valence electrons. The van der Waals surface area contributed by atoms with Crippen molar-refractivity contribution in [1.29, 1.82) is 0 Å². The molecule has 0 aliphatic heterocycles. The van der Waals surface area contributed by atoms with Gasteiger partial charge in [0.05, 0.1) is 18.2 Å². The molecule has 0 radical (unpaired) electrons.